The molecule has 0 spiro atoms. The minimum atomic E-state index is -0.125. The summed E-state index contributed by atoms with van der Waals surface area (Å²) in [5.74, 6) is 0. The van der Waals surface area contributed by atoms with Gasteiger partial charge in [0.05, 0.1) is 19.8 Å². The van der Waals surface area contributed by atoms with Crippen molar-refractivity contribution in [1.29, 1.82) is 0 Å². The SMILES string of the molecule is [O-][N+]1(CCCCO)CCOCC1. The molecule has 1 saturated heterocycles. The molecular weight excluding hydrogens is 158 g/mol. The third-order valence-corrected chi connectivity index (χ3v) is 2.26. The number of aliphatic hydroxyl groups excluding tert-OH is 1. The van der Waals surface area contributed by atoms with Crippen LogP contribution in [0.1, 0.15) is 12.8 Å². The third-order valence-electron chi connectivity index (χ3n) is 2.26. The summed E-state index contributed by atoms with van der Waals surface area (Å²) < 4.78 is 4.98. The first kappa shape index (κ1) is 9.92. The predicted octanol–water partition coefficient (Wildman–Crippen LogP) is 0.104. The second-order valence-corrected chi connectivity index (χ2v) is 3.27. The third kappa shape index (κ3) is 3.06. The van der Waals surface area contributed by atoms with Crippen molar-refractivity contribution in [1.82, 2.24) is 0 Å². The largest absolute Gasteiger partial charge is 0.633 e. The van der Waals surface area contributed by atoms with Crippen molar-refractivity contribution in [3.05, 3.63) is 5.21 Å². The summed E-state index contributed by atoms with van der Waals surface area (Å²) in [6, 6.07) is 0. The van der Waals surface area contributed by atoms with Crippen molar-refractivity contribution in [3.63, 3.8) is 0 Å². The zero-order valence-electron chi connectivity index (χ0n) is 7.37. The van der Waals surface area contributed by atoms with Crippen LogP contribution in [0.5, 0.6) is 0 Å². The Hall–Kier alpha value is -0.160. The lowest BCUT2D eigenvalue weighted by atomic mass is 10.3. The van der Waals surface area contributed by atoms with E-state index in [1.165, 1.54) is 0 Å². The van der Waals surface area contributed by atoms with E-state index in [1.807, 2.05) is 0 Å². The molecule has 1 heterocycles. The molecule has 0 unspecified atom stereocenters. The molecule has 0 saturated carbocycles. The molecule has 1 aliphatic rings. The van der Waals surface area contributed by atoms with Gasteiger partial charge in [-0.1, -0.05) is 0 Å². The number of hydroxylamine groups is 3. The van der Waals surface area contributed by atoms with E-state index in [2.05, 4.69) is 0 Å². The van der Waals surface area contributed by atoms with Crippen molar-refractivity contribution in [2.45, 2.75) is 12.8 Å². The number of rotatable bonds is 4. The lowest BCUT2D eigenvalue weighted by Crippen LogP contribution is -2.50. The summed E-state index contributed by atoms with van der Waals surface area (Å²) in [7, 11) is 0. The molecule has 0 amide bonds. The molecule has 0 radical (unpaired) electrons. The summed E-state index contributed by atoms with van der Waals surface area (Å²) in [6.07, 6.45) is 1.56. The monoisotopic (exact) mass is 175 g/mol. The fraction of sp³-hybridized carbons (Fsp3) is 1.00. The van der Waals surface area contributed by atoms with Crippen LogP contribution in [0.15, 0.2) is 0 Å². The van der Waals surface area contributed by atoms with Crippen molar-refractivity contribution in [2.75, 3.05) is 39.5 Å². The maximum atomic E-state index is 11.8. The molecule has 0 aromatic carbocycles. The lowest BCUT2D eigenvalue weighted by Gasteiger charge is -2.45. The number of nitrogens with zero attached hydrogens (tertiary/aromatic N) is 1. The molecule has 0 bridgehead atoms. The Morgan fingerprint density at radius 3 is 2.50 bits per heavy atom. The average molecular weight is 175 g/mol. The number of aliphatic hydroxyl groups is 1. The maximum absolute atomic E-state index is 11.8. The van der Waals surface area contributed by atoms with E-state index in [1.54, 1.807) is 0 Å². The number of unbranched alkanes of at least 4 members (excludes halogenated alkanes) is 1. The van der Waals surface area contributed by atoms with Crippen molar-refractivity contribution in [2.24, 2.45) is 0 Å². The van der Waals surface area contributed by atoms with Crippen molar-refractivity contribution >= 4 is 0 Å². The van der Waals surface area contributed by atoms with Gasteiger partial charge in [-0.15, -0.1) is 0 Å². The van der Waals surface area contributed by atoms with Gasteiger partial charge >= 0.3 is 0 Å². The molecule has 1 aliphatic heterocycles. The standard InChI is InChI=1S/C8H17NO3/c10-6-2-1-3-9(11)4-7-12-8-5-9/h10H,1-8H2. The van der Waals surface area contributed by atoms with Gasteiger partial charge in [0.2, 0.25) is 0 Å². The maximum Gasteiger partial charge on any atom is 0.102 e. The molecule has 0 aromatic heterocycles. The van der Waals surface area contributed by atoms with Crippen LogP contribution in [-0.2, 0) is 4.74 Å². The van der Waals surface area contributed by atoms with Gasteiger partial charge in [0, 0.05) is 6.61 Å². The molecule has 72 valence electrons. The van der Waals surface area contributed by atoms with E-state index in [0.717, 1.165) is 12.8 Å². The summed E-state index contributed by atoms with van der Waals surface area (Å²) in [6.45, 7) is 3.14. The highest BCUT2D eigenvalue weighted by atomic mass is 16.6. The second kappa shape index (κ2) is 4.77. The van der Waals surface area contributed by atoms with Gasteiger partial charge in [-0.2, -0.15) is 0 Å². The Balaban J connectivity index is 2.17. The first-order valence-electron chi connectivity index (χ1n) is 4.52. The molecule has 4 nitrogen and oxygen atoms in total. The molecule has 0 aliphatic carbocycles. The molecule has 1 fully saturated rings. The lowest BCUT2D eigenvalue weighted by molar-refractivity contribution is -0.888. The van der Waals surface area contributed by atoms with Crippen LogP contribution < -0.4 is 0 Å². The van der Waals surface area contributed by atoms with Gasteiger partial charge in [-0.05, 0) is 12.8 Å². The molecule has 4 heteroatoms. The second-order valence-electron chi connectivity index (χ2n) is 3.27. The molecular formula is C8H17NO3. The summed E-state index contributed by atoms with van der Waals surface area (Å²) in [5, 5.41) is 20.3. The van der Waals surface area contributed by atoms with Crippen molar-refractivity contribution in [3.8, 4) is 0 Å². The van der Waals surface area contributed by atoms with Crippen LogP contribution in [0, 0.1) is 5.21 Å². The average Bonchev–Trinajstić information content (AvgIpc) is 2.06. The van der Waals surface area contributed by atoms with Crippen LogP contribution >= 0.6 is 0 Å². The molecule has 1 N–H and O–H groups in total. The minimum absolute atomic E-state index is 0.125. The zero-order chi connectivity index (χ0) is 8.86. The zero-order valence-corrected chi connectivity index (χ0v) is 7.37. The van der Waals surface area contributed by atoms with Crippen LogP contribution in [0.4, 0.5) is 0 Å². The number of hydrogen-bond donors (Lipinski definition) is 1. The van der Waals surface area contributed by atoms with Gasteiger partial charge in [-0.25, -0.2) is 0 Å². The highest BCUT2D eigenvalue weighted by Gasteiger charge is 2.19. The smallest absolute Gasteiger partial charge is 0.102 e. The number of quaternary nitrogens is 1. The topological polar surface area (TPSA) is 52.5 Å². The van der Waals surface area contributed by atoms with Gasteiger partial charge in [0.15, 0.2) is 0 Å². The quantitative estimate of drug-likeness (QED) is 0.374. The first-order chi connectivity index (χ1) is 5.77. The van der Waals surface area contributed by atoms with E-state index >= 15 is 0 Å². The van der Waals surface area contributed by atoms with Gasteiger partial charge < -0.3 is 19.7 Å². The fourth-order valence-electron chi connectivity index (χ4n) is 1.41. The van der Waals surface area contributed by atoms with Gasteiger partial charge in [-0.3, -0.25) is 0 Å². The normalized spacial score (nSPS) is 22.5. The predicted molar refractivity (Wildman–Crippen MR) is 45.4 cm³/mol. The molecule has 0 atom stereocenters. The van der Waals surface area contributed by atoms with E-state index in [4.69, 9.17) is 9.84 Å². The minimum Gasteiger partial charge on any atom is -0.633 e. The molecule has 12 heavy (non-hydrogen) atoms. The Labute approximate surface area is 72.9 Å². The van der Waals surface area contributed by atoms with E-state index in [9.17, 15) is 5.21 Å². The summed E-state index contributed by atoms with van der Waals surface area (Å²) in [4.78, 5) is 0. The number of morpholine rings is 1. The van der Waals surface area contributed by atoms with E-state index < -0.39 is 0 Å². The van der Waals surface area contributed by atoms with Crippen molar-refractivity contribution < 1.29 is 14.5 Å². The number of hydrogen-bond acceptors (Lipinski definition) is 3. The highest BCUT2D eigenvalue weighted by molar-refractivity contribution is 4.50. The van der Waals surface area contributed by atoms with Crippen LogP contribution in [-0.4, -0.2) is 49.2 Å². The van der Waals surface area contributed by atoms with Crippen LogP contribution in [0.2, 0.25) is 0 Å². The van der Waals surface area contributed by atoms with Gasteiger partial charge in [0.1, 0.15) is 13.1 Å². The van der Waals surface area contributed by atoms with E-state index in [0.29, 0.717) is 32.8 Å². The molecule has 0 aromatic rings. The summed E-state index contributed by atoms with van der Waals surface area (Å²) in [5.41, 5.74) is 0. The first-order valence-corrected chi connectivity index (χ1v) is 4.52. The van der Waals surface area contributed by atoms with E-state index in [-0.39, 0.29) is 11.3 Å². The highest BCUT2D eigenvalue weighted by Crippen LogP contribution is 2.10. The Morgan fingerprint density at radius 2 is 1.92 bits per heavy atom. The molecule has 1 rings (SSSR count). The Bertz CT molecular complexity index is 123. The van der Waals surface area contributed by atoms with Crippen LogP contribution in [0.25, 0.3) is 0 Å². The Morgan fingerprint density at radius 1 is 1.25 bits per heavy atom. The fourth-order valence-corrected chi connectivity index (χ4v) is 1.41. The van der Waals surface area contributed by atoms with Gasteiger partial charge in [0.25, 0.3) is 0 Å². The van der Waals surface area contributed by atoms with Crippen LogP contribution in [0.3, 0.4) is 0 Å². The summed E-state index contributed by atoms with van der Waals surface area (Å²) >= 11 is 0. The Kier molecular flexibility index (Phi) is 3.94. The number of ether oxygens (including phenoxy) is 1.